The molecule has 2 atom stereocenters. The van der Waals surface area contributed by atoms with Crippen molar-refractivity contribution in [2.24, 2.45) is 5.73 Å². The van der Waals surface area contributed by atoms with Crippen LogP contribution < -0.4 is 5.73 Å². The van der Waals surface area contributed by atoms with Gasteiger partial charge in [-0.3, -0.25) is 0 Å². The van der Waals surface area contributed by atoms with E-state index in [9.17, 15) is 0 Å². The highest BCUT2D eigenvalue weighted by Crippen LogP contribution is 2.25. The summed E-state index contributed by atoms with van der Waals surface area (Å²) in [5.41, 5.74) is 5.77. The molecule has 0 aliphatic carbocycles. The number of nitrogens with zero attached hydrogens (tertiary/aromatic N) is 1. The van der Waals surface area contributed by atoms with Crippen molar-refractivity contribution in [2.75, 3.05) is 0 Å². The molecule has 2 nitrogen and oxygen atoms in total. The first-order chi connectivity index (χ1) is 6.63. The highest BCUT2D eigenvalue weighted by atomic mass is 32.2. The van der Waals surface area contributed by atoms with Gasteiger partial charge in [0.1, 0.15) is 5.01 Å². The Bertz CT molecular complexity index is 271. The second-order valence-corrected chi connectivity index (χ2v) is 6.05. The molecule has 1 rings (SSSR count). The van der Waals surface area contributed by atoms with Crippen LogP contribution in [0, 0.1) is 0 Å². The second kappa shape index (κ2) is 5.73. The van der Waals surface area contributed by atoms with Gasteiger partial charge < -0.3 is 5.73 Å². The normalized spacial score (nSPS) is 15.4. The summed E-state index contributed by atoms with van der Waals surface area (Å²) < 4.78 is 0. The van der Waals surface area contributed by atoms with Crippen LogP contribution in [0.15, 0.2) is 6.20 Å². The topological polar surface area (TPSA) is 38.9 Å². The van der Waals surface area contributed by atoms with E-state index >= 15 is 0 Å². The van der Waals surface area contributed by atoms with Gasteiger partial charge in [-0.15, -0.1) is 11.3 Å². The highest BCUT2D eigenvalue weighted by molar-refractivity contribution is 7.99. The lowest BCUT2D eigenvalue weighted by Gasteiger charge is -2.05. The van der Waals surface area contributed by atoms with Crippen molar-refractivity contribution in [2.45, 2.75) is 44.2 Å². The van der Waals surface area contributed by atoms with Gasteiger partial charge in [0.15, 0.2) is 0 Å². The van der Waals surface area contributed by atoms with Crippen molar-refractivity contribution < 1.29 is 0 Å². The van der Waals surface area contributed by atoms with Crippen LogP contribution in [0.4, 0.5) is 0 Å². The fraction of sp³-hybridized carbons (Fsp3) is 0.700. The summed E-state index contributed by atoms with van der Waals surface area (Å²) in [6.07, 6.45) is 3.12. The van der Waals surface area contributed by atoms with E-state index in [1.807, 2.05) is 24.9 Å². The van der Waals surface area contributed by atoms with Crippen LogP contribution >= 0.6 is 23.1 Å². The van der Waals surface area contributed by atoms with Gasteiger partial charge in [0.25, 0.3) is 0 Å². The quantitative estimate of drug-likeness (QED) is 0.844. The summed E-state index contributed by atoms with van der Waals surface area (Å²) in [6, 6.07) is 0.120. The monoisotopic (exact) mass is 230 g/mol. The fourth-order valence-corrected chi connectivity index (χ4v) is 2.78. The van der Waals surface area contributed by atoms with Gasteiger partial charge in [-0.2, -0.15) is 11.8 Å². The third-order valence-electron chi connectivity index (χ3n) is 2.09. The van der Waals surface area contributed by atoms with E-state index in [1.54, 1.807) is 11.3 Å². The molecule has 0 saturated heterocycles. The molecule has 1 heterocycles. The number of aromatic nitrogens is 1. The molecule has 1 aromatic rings. The summed E-state index contributed by atoms with van der Waals surface area (Å²) in [7, 11) is 0. The van der Waals surface area contributed by atoms with Crippen LogP contribution in [-0.2, 0) is 5.75 Å². The molecule has 0 bridgehead atoms. The molecule has 4 heteroatoms. The molecule has 1 aromatic heterocycles. The third kappa shape index (κ3) is 3.59. The number of thioether (sulfide) groups is 1. The van der Waals surface area contributed by atoms with Gasteiger partial charge >= 0.3 is 0 Å². The number of hydrogen-bond donors (Lipinski definition) is 1. The number of rotatable bonds is 5. The molecular formula is C10H18N2S2. The number of nitrogens with two attached hydrogens (primary N) is 1. The average molecular weight is 230 g/mol. The van der Waals surface area contributed by atoms with Crippen molar-refractivity contribution in [3.05, 3.63) is 16.1 Å². The molecule has 0 spiro atoms. The van der Waals surface area contributed by atoms with Crippen molar-refractivity contribution >= 4 is 23.1 Å². The van der Waals surface area contributed by atoms with Crippen LogP contribution in [0.3, 0.4) is 0 Å². The van der Waals surface area contributed by atoms with Gasteiger partial charge in [0, 0.05) is 28.1 Å². The molecular weight excluding hydrogens is 212 g/mol. The molecule has 0 aromatic carbocycles. The van der Waals surface area contributed by atoms with Crippen LogP contribution in [0.5, 0.6) is 0 Å². The predicted molar refractivity (Wildman–Crippen MR) is 65.8 cm³/mol. The lowest BCUT2D eigenvalue weighted by molar-refractivity contribution is 0.835. The Kier molecular flexibility index (Phi) is 4.92. The number of thiazole rings is 1. The maximum absolute atomic E-state index is 5.77. The highest BCUT2D eigenvalue weighted by Gasteiger charge is 2.07. The van der Waals surface area contributed by atoms with E-state index in [4.69, 9.17) is 5.73 Å². The van der Waals surface area contributed by atoms with E-state index in [-0.39, 0.29) is 6.04 Å². The molecule has 2 unspecified atom stereocenters. The largest absolute Gasteiger partial charge is 0.323 e. The Labute approximate surface area is 94.3 Å². The first kappa shape index (κ1) is 12.0. The van der Waals surface area contributed by atoms with E-state index in [1.165, 1.54) is 16.3 Å². The SMILES string of the molecule is CCC(C)SCc1ncc(C(C)N)s1. The lowest BCUT2D eigenvalue weighted by Crippen LogP contribution is -2.01. The predicted octanol–water partition coefficient (Wildman–Crippen LogP) is 3.19. The molecule has 2 N–H and O–H groups in total. The Morgan fingerprint density at radius 3 is 2.79 bits per heavy atom. The molecule has 0 fully saturated rings. The van der Waals surface area contributed by atoms with Crippen LogP contribution in [0.25, 0.3) is 0 Å². The van der Waals surface area contributed by atoms with Gasteiger partial charge in [0.2, 0.25) is 0 Å². The summed E-state index contributed by atoms with van der Waals surface area (Å²) in [6.45, 7) is 6.47. The van der Waals surface area contributed by atoms with Crippen LogP contribution in [0.1, 0.15) is 43.1 Å². The van der Waals surface area contributed by atoms with Gasteiger partial charge in [-0.05, 0) is 13.3 Å². The molecule has 0 aliphatic heterocycles. The molecule has 0 radical (unpaired) electrons. The van der Waals surface area contributed by atoms with E-state index < -0.39 is 0 Å². The van der Waals surface area contributed by atoms with Crippen molar-refractivity contribution in [3.63, 3.8) is 0 Å². The lowest BCUT2D eigenvalue weighted by atomic mass is 10.3. The van der Waals surface area contributed by atoms with E-state index in [0.717, 1.165) is 11.0 Å². The minimum Gasteiger partial charge on any atom is -0.323 e. The van der Waals surface area contributed by atoms with Crippen LogP contribution in [-0.4, -0.2) is 10.2 Å². The molecule has 0 amide bonds. The second-order valence-electron chi connectivity index (χ2n) is 3.47. The average Bonchev–Trinajstić information content (AvgIpc) is 2.62. The molecule has 0 aliphatic rings. The van der Waals surface area contributed by atoms with Crippen molar-refractivity contribution in [1.82, 2.24) is 4.98 Å². The smallest absolute Gasteiger partial charge is 0.103 e. The third-order valence-corrected chi connectivity index (χ3v) is 4.81. The summed E-state index contributed by atoms with van der Waals surface area (Å²) in [5, 5.41) is 1.92. The zero-order valence-corrected chi connectivity index (χ0v) is 10.6. The molecule has 14 heavy (non-hydrogen) atoms. The van der Waals surface area contributed by atoms with Gasteiger partial charge in [-0.25, -0.2) is 4.98 Å². The zero-order chi connectivity index (χ0) is 10.6. The van der Waals surface area contributed by atoms with Crippen molar-refractivity contribution in [1.29, 1.82) is 0 Å². The summed E-state index contributed by atoms with van der Waals surface area (Å²) in [5.74, 6) is 1.02. The fourth-order valence-electron chi connectivity index (χ4n) is 0.933. The maximum Gasteiger partial charge on any atom is 0.103 e. The summed E-state index contributed by atoms with van der Waals surface area (Å²) in [4.78, 5) is 5.55. The summed E-state index contributed by atoms with van der Waals surface area (Å²) >= 11 is 3.70. The minimum absolute atomic E-state index is 0.120. The number of hydrogen-bond acceptors (Lipinski definition) is 4. The Hall–Kier alpha value is -0.0600. The van der Waals surface area contributed by atoms with Crippen molar-refractivity contribution in [3.8, 4) is 0 Å². The first-order valence-electron chi connectivity index (χ1n) is 4.95. The molecule has 0 saturated carbocycles. The first-order valence-corrected chi connectivity index (χ1v) is 6.81. The van der Waals surface area contributed by atoms with Gasteiger partial charge in [-0.1, -0.05) is 13.8 Å². The zero-order valence-electron chi connectivity index (χ0n) is 8.99. The molecule has 80 valence electrons. The minimum atomic E-state index is 0.120. The standard InChI is InChI=1S/C10H18N2S2/c1-4-7(2)13-6-10-12-5-9(14-10)8(3)11/h5,7-8H,4,6,11H2,1-3H3. The Morgan fingerprint density at radius 1 is 1.57 bits per heavy atom. The Balaban J connectivity index is 2.44. The van der Waals surface area contributed by atoms with Gasteiger partial charge in [0.05, 0.1) is 0 Å². The van der Waals surface area contributed by atoms with E-state index in [2.05, 4.69) is 18.8 Å². The maximum atomic E-state index is 5.77. The van der Waals surface area contributed by atoms with E-state index in [0.29, 0.717) is 0 Å². The van der Waals surface area contributed by atoms with Crippen LogP contribution in [0.2, 0.25) is 0 Å². The Morgan fingerprint density at radius 2 is 2.29 bits per heavy atom.